The molecular weight excluding hydrogens is 336 g/mol. The standard InChI is InChI=1S/C22H28N4O/c1-25-12-9-18(10-13-25)22-23-15-19-16-26(14-11-20(19)24-22)21(27)8-7-17-5-3-2-4-6-17/h2-6,15,18H,7-14,16H2,1H3. The third kappa shape index (κ3) is 4.35. The largest absolute Gasteiger partial charge is 0.338 e. The molecule has 2 aromatic rings. The van der Waals surface area contributed by atoms with E-state index in [4.69, 9.17) is 4.98 Å². The Morgan fingerprint density at radius 2 is 1.93 bits per heavy atom. The van der Waals surface area contributed by atoms with Crippen molar-refractivity contribution in [1.29, 1.82) is 0 Å². The number of benzene rings is 1. The SMILES string of the molecule is CN1CCC(c2ncc3c(n2)CCN(C(=O)CCc2ccccc2)C3)CC1. The lowest BCUT2D eigenvalue weighted by molar-refractivity contribution is -0.132. The summed E-state index contributed by atoms with van der Waals surface area (Å²) in [6.07, 6.45) is 6.45. The number of piperidine rings is 1. The quantitative estimate of drug-likeness (QED) is 0.837. The van der Waals surface area contributed by atoms with Gasteiger partial charge < -0.3 is 9.80 Å². The van der Waals surface area contributed by atoms with Crippen molar-refractivity contribution >= 4 is 5.91 Å². The zero-order valence-corrected chi connectivity index (χ0v) is 16.1. The molecule has 0 bridgehead atoms. The average molecular weight is 364 g/mol. The van der Waals surface area contributed by atoms with Crippen molar-refractivity contribution in [2.75, 3.05) is 26.7 Å². The molecular formula is C22H28N4O. The number of rotatable bonds is 4. The van der Waals surface area contributed by atoms with Crippen molar-refractivity contribution in [3.63, 3.8) is 0 Å². The van der Waals surface area contributed by atoms with Crippen LogP contribution in [0.4, 0.5) is 0 Å². The first-order valence-corrected chi connectivity index (χ1v) is 10.0. The van der Waals surface area contributed by atoms with Crippen LogP contribution in [0.15, 0.2) is 36.5 Å². The molecule has 0 aliphatic carbocycles. The molecule has 4 rings (SSSR count). The highest BCUT2D eigenvalue weighted by Gasteiger charge is 2.25. The lowest BCUT2D eigenvalue weighted by Gasteiger charge is -2.30. The van der Waals surface area contributed by atoms with Crippen LogP contribution in [0.5, 0.6) is 0 Å². The molecule has 0 atom stereocenters. The Labute approximate surface area is 161 Å². The van der Waals surface area contributed by atoms with Gasteiger partial charge in [0.2, 0.25) is 5.91 Å². The van der Waals surface area contributed by atoms with Gasteiger partial charge in [0.25, 0.3) is 0 Å². The van der Waals surface area contributed by atoms with Gasteiger partial charge >= 0.3 is 0 Å². The Balaban J connectivity index is 1.36. The molecule has 3 heterocycles. The molecule has 1 saturated heterocycles. The van der Waals surface area contributed by atoms with Gasteiger partial charge in [-0.1, -0.05) is 30.3 Å². The summed E-state index contributed by atoms with van der Waals surface area (Å²) < 4.78 is 0. The summed E-state index contributed by atoms with van der Waals surface area (Å²) in [6.45, 7) is 3.66. The van der Waals surface area contributed by atoms with E-state index in [1.807, 2.05) is 29.3 Å². The molecule has 2 aliphatic rings. The second-order valence-electron chi connectivity index (χ2n) is 7.83. The number of aromatic nitrogens is 2. The highest BCUT2D eigenvalue weighted by Crippen LogP contribution is 2.26. The van der Waals surface area contributed by atoms with Crippen molar-refractivity contribution in [1.82, 2.24) is 19.8 Å². The van der Waals surface area contributed by atoms with Crippen LogP contribution in [0.2, 0.25) is 0 Å². The normalized spacial score (nSPS) is 18.3. The van der Waals surface area contributed by atoms with E-state index in [9.17, 15) is 4.79 Å². The first kappa shape index (κ1) is 18.1. The van der Waals surface area contributed by atoms with E-state index in [-0.39, 0.29) is 5.91 Å². The van der Waals surface area contributed by atoms with Gasteiger partial charge in [-0.15, -0.1) is 0 Å². The van der Waals surface area contributed by atoms with Crippen molar-refractivity contribution in [2.24, 2.45) is 0 Å². The second kappa shape index (κ2) is 8.17. The molecule has 0 spiro atoms. The van der Waals surface area contributed by atoms with Gasteiger partial charge in [0.15, 0.2) is 0 Å². The maximum Gasteiger partial charge on any atom is 0.223 e. The average Bonchev–Trinajstić information content (AvgIpc) is 2.72. The van der Waals surface area contributed by atoms with Gasteiger partial charge in [-0.05, 0) is 45.0 Å². The Morgan fingerprint density at radius 1 is 1.15 bits per heavy atom. The molecule has 0 saturated carbocycles. The smallest absolute Gasteiger partial charge is 0.223 e. The summed E-state index contributed by atoms with van der Waals surface area (Å²) >= 11 is 0. The van der Waals surface area contributed by atoms with E-state index in [0.717, 1.165) is 62.4 Å². The van der Waals surface area contributed by atoms with Crippen molar-refractivity contribution in [2.45, 2.75) is 44.6 Å². The molecule has 0 N–H and O–H groups in total. The molecule has 1 fully saturated rings. The van der Waals surface area contributed by atoms with Crippen molar-refractivity contribution < 1.29 is 4.79 Å². The van der Waals surface area contributed by atoms with Crippen molar-refractivity contribution in [3.05, 3.63) is 59.2 Å². The molecule has 0 unspecified atom stereocenters. The Hall–Kier alpha value is -2.27. The number of fused-ring (bicyclic) bond motifs is 1. The lowest BCUT2D eigenvalue weighted by Crippen LogP contribution is -2.37. The third-order valence-electron chi connectivity index (χ3n) is 5.86. The fraction of sp³-hybridized carbons (Fsp3) is 0.500. The first-order chi connectivity index (χ1) is 13.2. The third-order valence-corrected chi connectivity index (χ3v) is 5.86. The summed E-state index contributed by atoms with van der Waals surface area (Å²) in [6, 6.07) is 10.2. The van der Waals surface area contributed by atoms with Crippen LogP contribution in [0, 0.1) is 0 Å². The van der Waals surface area contributed by atoms with Crippen LogP contribution in [0.3, 0.4) is 0 Å². The predicted octanol–water partition coefficient (Wildman–Crippen LogP) is 2.80. The van der Waals surface area contributed by atoms with Crippen molar-refractivity contribution in [3.8, 4) is 0 Å². The maximum absolute atomic E-state index is 12.6. The van der Waals surface area contributed by atoms with Gasteiger partial charge in [-0.3, -0.25) is 4.79 Å². The van der Waals surface area contributed by atoms with E-state index in [2.05, 4.69) is 29.1 Å². The summed E-state index contributed by atoms with van der Waals surface area (Å²) in [7, 11) is 2.17. The van der Waals surface area contributed by atoms with Gasteiger partial charge in [0, 0.05) is 43.6 Å². The summed E-state index contributed by atoms with van der Waals surface area (Å²) in [4.78, 5) is 26.5. The molecule has 1 amide bonds. The number of likely N-dealkylation sites (tertiary alicyclic amines) is 1. The minimum absolute atomic E-state index is 0.226. The van der Waals surface area contributed by atoms with Gasteiger partial charge in [-0.2, -0.15) is 0 Å². The minimum Gasteiger partial charge on any atom is -0.338 e. The minimum atomic E-state index is 0.226. The number of hydrogen-bond donors (Lipinski definition) is 0. The fourth-order valence-corrected chi connectivity index (χ4v) is 4.06. The van der Waals surface area contributed by atoms with Gasteiger partial charge in [0.1, 0.15) is 5.82 Å². The van der Waals surface area contributed by atoms with Gasteiger partial charge in [0.05, 0.1) is 5.69 Å². The Bertz CT molecular complexity index is 784. The highest BCUT2D eigenvalue weighted by atomic mass is 16.2. The fourth-order valence-electron chi connectivity index (χ4n) is 4.06. The molecule has 5 heteroatoms. The lowest BCUT2D eigenvalue weighted by atomic mass is 9.95. The molecule has 1 aromatic carbocycles. The Kier molecular flexibility index (Phi) is 5.48. The number of hydrogen-bond acceptors (Lipinski definition) is 4. The van der Waals surface area contributed by atoms with E-state index in [0.29, 0.717) is 18.9 Å². The molecule has 27 heavy (non-hydrogen) atoms. The maximum atomic E-state index is 12.6. The van der Waals surface area contributed by atoms with E-state index in [1.54, 1.807) is 0 Å². The highest BCUT2D eigenvalue weighted by molar-refractivity contribution is 5.76. The van der Waals surface area contributed by atoms with Crippen LogP contribution in [-0.4, -0.2) is 52.4 Å². The van der Waals surface area contributed by atoms with E-state index >= 15 is 0 Å². The van der Waals surface area contributed by atoms with E-state index in [1.165, 1.54) is 5.56 Å². The van der Waals surface area contributed by atoms with Crippen LogP contribution in [-0.2, 0) is 24.2 Å². The van der Waals surface area contributed by atoms with Crippen LogP contribution < -0.4 is 0 Å². The summed E-state index contributed by atoms with van der Waals surface area (Å²) in [5.74, 6) is 1.71. The monoisotopic (exact) mass is 364 g/mol. The molecule has 5 nitrogen and oxygen atoms in total. The summed E-state index contributed by atoms with van der Waals surface area (Å²) in [5.41, 5.74) is 3.48. The predicted molar refractivity (Wildman–Crippen MR) is 105 cm³/mol. The first-order valence-electron chi connectivity index (χ1n) is 10.0. The number of amides is 1. The zero-order chi connectivity index (χ0) is 18.6. The number of carbonyl (C=O) groups is 1. The summed E-state index contributed by atoms with van der Waals surface area (Å²) in [5, 5.41) is 0. The number of aryl methyl sites for hydroxylation is 1. The van der Waals surface area contributed by atoms with Crippen LogP contribution >= 0.6 is 0 Å². The molecule has 142 valence electrons. The topological polar surface area (TPSA) is 49.3 Å². The molecule has 2 aliphatic heterocycles. The molecule has 1 aromatic heterocycles. The molecule has 0 radical (unpaired) electrons. The van der Waals surface area contributed by atoms with E-state index < -0.39 is 0 Å². The number of carbonyl (C=O) groups excluding carboxylic acids is 1. The van der Waals surface area contributed by atoms with Gasteiger partial charge in [-0.25, -0.2) is 9.97 Å². The number of nitrogens with zero attached hydrogens (tertiary/aromatic N) is 4. The van der Waals surface area contributed by atoms with Crippen LogP contribution in [0.1, 0.15) is 47.8 Å². The second-order valence-corrected chi connectivity index (χ2v) is 7.83. The zero-order valence-electron chi connectivity index (χ0n) is 16.1. The van der Waals surface area contributed by atoms with Crippen LogP contribution in [0.25, 0.3) is 0 Å². The Morgan fingerprint density at radius 3 is 2.70 bits per heavy atom.